The highest BCUT2D eigenvalue weighted by Gasteiger charge is 2.22. The highest BCUT2D eigenvalue weighted by Crippen LogP contribution is 2.37. The van der Waals surface area contributed by atoms with Gasteiger partial charge in [-0.1, -0.05) is 158 Å². The maximum absolute atomic E-state index is 11.5. The average Bonchev–Trinajstić information content (AvgIpc) is 2.54. The van der Waals surface area contributed by atoms with Crippen LogP contribution in [0.5, 0.6) is 0 Å². The minimum atomic E-state index is -0.192. The van der Waals surface area contributed by atoms with Crippen molar-refractivity contribution in [1.29, 1.82) is 0 Å². The standard InChI is InChI=1S/C11H22OS.C10H22S2.C10H22S/c1-10(2,3)7-8-13-9(12)11(4,5)6;1-9(2,3)7-8-11-12-10(4,5)6;1-9(2,3)7-8-11-10(4,5)6/h7-8H2,1-6H3;7-8H2,1-6H3;7-8H2,1-6H3. The molecule has 36 heavy (non-hydrogen) atoms. The molecule has 0 rings (SSSR count). The molecule has 0 fully saturated rings. The predicted octanol–water partition coefficient (Wildman–Crippen LogP) is 12.3. The minimum absolute atomic E-state index is 0.192. The second-order valence-corrected chi connectivity index (χ2v) is 22.5. The fourth-order valence-corrected chi connectivity index (χ4v) is 7.25. The van der Waals surface area contributed by atoms with Crippen molar-refractivity contribution >= 4 is 50.2 Å². The molecule has 1 nitrogen and oxygen atoms in total. The van der Waals surface area contributed by atoms with Crippen molar-refractivity contribution in [3.8, 4) is 0 Å². The summed E-state index contributed by atoms with van der Waals surface area (Å²) >= 11 is 3.53. The monoisotopic (exact) mass is 582 g/mol. The van der Waals surface area contributed by atoms with E-state index < -0.39 is 0 Å². The summed E-state index contributed by atoms with van der Waals surface area (Å²) in [5.41, 5.74) is 1.14. The van der Waals surface area contributed by atoms with Crippen molar-refractivity contribution < 1.29 is 4.79 Å². The van der Waals surface area contributed by atoms with Crippen LogP contribution in [-0.2, 0) is 4.79 Å². The SMILES string of the molecule is CC(C)(C)CCSC(=O)C(C)(C)C.CC(C)(C)CCSC(C)(C)C.CC(C)(C)CCSSC(C)(C)C. The van der Waals surface area contributed by atoms with Gasteiger partial charge in [-0.3, -0.25) is 4.79 Å². The van der Waals surface area contributed by atoms with E-state index in [1.807, 2.05) is 42.4 Å². The summed E-state index contributed by atoms with van der Waals surface area (Å²) < 4.78 is 0.841. The van der Waals surface area contributed by atoms with Gasteiger partial charge in [-0.2, -0.15) is 11.8 Å². The second kappa shape index (κ2) is 17.7. The number of rotatable bonds is 7. The molecular formula is C31H66OS4. The molecule has 0 saturated carbocycles. The summed E-state index contributed by atoms with van der Waals surface area (Å²) in [5.74, 6) is 3.50. The van der Waals surface area contributed by atoms with Gasteiger partial charge < -0.3 is 0 Å². The molecule has 0 N–H and O–H groups in total. The van der Waals surface area contributed by atoms with E-state index in [1.54, 1.807) is 0 Å². The van der Waals surface area contributed by atoms with Crippen LogP contribution >= 0.6 is 45.1 Å². The van der Waals surface area contributed by atoms with Crippen LogP contribution in [0.4, 0.5) is 0 Å². The molecule has 0 amide bonds. The Kier molecular flexibility index (Phi) is 20.4. The van der Waals surface area contributed by atoms with Gasteiger partial charge in [0.15, 0.2) is 5.12 Å². The third kappa shape index (κ3) is 42.2. The molecule has 0 aliphatic heterocycles. The molecular weight excluding hydrogens is 517 g/mol. The lowest BCUT2D eigenvalue weighted by Gasteiger charge is -2.22. The lowest BCUT2D eigenvalue weighted by atomic mass is 9.94. The lowest BCUT2D eigenvalue weighted by molar-refractivity contribution is -0.117. The van der Waals surface area contributed by atoms with Crippen molar-refractivity contribution in [3.05, 3.63) is 0 Å². The lowest BCUT2D eigenvalue weighted by Crippen LogP contribution is -2.17. The molecule has 0 spiro atoms. The zero-order valence-corrected chi connectivity index (χ0v) is 31.0. The first-order chi connectivity index (χ1) is 15.5. The highest BCUT2D eigenvalue weighted by atomic mass is 33.1. The first kappa shape index (κ1) is 41.5. The summed E-state index contributed by atoms with van der Waals surface area (Å²) in [6, 6.07) is 0. The van der Waals surface area contributed by atoms with Gasteiger partial charge >= 0.3 is 0 Å². The quantitative estimate of drug-likeness (QED) is 0.219. The molecule has 5 heteroatoms. The third-order valence-electron chi connectivity index (χ3n) is 4.33. The molecule has 0 aliphatic carbocycles. The van der Waals surface area contributed by atoms with Crippen LogP contribution in [0.15, 0.2) is 0 Å². The van der Waals surface area contributed by atoms with E-state index >= 15 is 0 Å². The highest BCUT2D eigenvalue weighted by molar-refractivity contribution is 8.77. The number of hydrogen-bond donors (Lipinski definition) is 0. The molecule has 0 heterocycles. The smallest absolute Gasteiger partial charge is 0.194 e. The van der Waals surface area contributed by atoms with Crippen LogP contribution in [0.3, 0.4) is 0 Å². The summed E-state index contributed by atoms with van der Waals surface area (Å²) in [6.45, 7) is 40.0. The molecule has 0 aliphatic rings. The molecule has 0 aromatic carbocycles. The molecule has 0 atom stereocenters. The fraction of sp³-hybridized carbons (Fsp3) is 0.968. The molecule has 0 bridgehead atoms. The van der Waals surface area contributed by atoms with Crippen molar-refractivity contribution in [2.75, 3.05) is 17.3 Å². The Morgan fingerprint density at radius 2 is 0.861 bits per heavy atom. The summed E-state index contributed by atoms with van der Waals surface area (Å²) in [7, 11) is 3.99. The van der Waals surface area contributed by atoms with E-state index in [4.69, 9.17) is 0 Å². The van der Waals surface area contributed by atoms with E-state index in [-0.39, 0.29) is 5.41 Å². The van der Waals surface area contributed by atoms with Gasteiger partial charge in [0, 0.05) is 26.4 Å². The maximum atomic E-state index is 11.5. The van der Waals surface area contributed by atoms with E-state index in [1.165, 1.54) is 36.1 Å². The van der Waals surface area contributed by atoms with Gasteiger partial charge in [0.05, 0.1) is 0 Å². The molecule has 220 valence electrons. The topological polar surface area (TPSA) is 17.1 Å². The van der Waals surface area contributed by atoms with Gasteiger partial charge in [-0.05, 0) is 41.3 Å². The van der Waals surface area contributed by atoms with Crippen LogP contribution in [0, 0.1) is 21.7 Å². The van der Waals surface area contributed by atoms with Crippen LogP contribution in [0.2, 0.25) is 0 Å². The van der Waals surface area contributed by atoms with E-state index in [2.05, 4.69) is 116 Å². The minimum Gasteiger partial charge on any atom is -0.287 e. The Labute approximate surface area is 246 Å². The van der Waals surface area contributed by atoms with Crippen LogP contribution in [0.25, 0.3) is 0 Å². The molecule has 0 radical (unpaired) electrons. The third-order valence-corrected chi connectivity index (χ3v) is 10.2. The second-order valence-electron chi connectivity index (χ2n) is 16.3. The normalized spacial score (nSPS) is 13.4. The van der Waals surface area contributed by atoms with Crippen LogP contribution in [0.1, 0.15) is 144 Å². The van der Waals surface area contributed by atoms with Gasteiger partial charge in [-0.25, -0.2) is 0 Å². The zero-order valence-electron chi connectivity index (χ0n) is 27.8. The molecule has 0 aromatic rings. The summed E-state index contributed by atoms with van der Waals surface area (Å²) in [5, 5.41) is 0.303. The van der Waals surface area contributed by atoms with Gasteiger partial charge in [-0.15, -0.1) is 0 Å². The Morgan fingerprint density at radius 3 is 1.17 bits per heavy atom. The Balaban J connectivity index is -0.000000455. The Bertz CT molecular complexity index is 526. The van der Waals surface area contributed by atoms with Gasteiger partial charge in [0.2, 0.25) is 0 Å². The fourth-order valence-electron chi connectivity index (χ4n) is 1.90. The number of thioether (sulfide) groups is 2. The molecule has 0 saturated heterocycles. The van der Waals surface area contributed by atoms with E-state index in [9.17, 15) is 4.79 Å². The summed E-state index contributed by atoms with van der Waals surface area (Å²) in [6.07, 6.45) is 3.72. The van der Waals surface area contributed by atoms with E-state index in [0.717, 1.165) is 12.2 Å². The number of carbonyl (C=O) groups is 1. The van der Waals surface area contributed by atoms with Crippen molar-refractivity contribution in [1.82, 2.24) is 0 Å². The molecule has 0 aromatic heterocycles. The number of carbonyl (C=O) groups excluding carboxylic acids is 1. The van der Waals surface area contributed by atoms with Gasteiger partial charge in [0.25, 0.3) is 0 Å². The van der Waals surface area contributed by atoms with Gasteiger partial charge in [0.1, 0.15) is 0 Å². The van der Waals surface area contributed by atoms with Crippen molar-refractivity contribution in [2.24, 2.45) is 21.7 Å². The van der Waals surface area contributed by atoms with Crippen molar-refractivity contribution in [2.45, 2.75) is 153 Å². The molecule has 0 unspecified atom stereocenters. The van der Waals surface area contributed by atoms with Crippen LogP contribution < -0.4 is 0 Å². The maximum Gasteiger partial charge on any atom is 0.194 e. The Hall–Kier alpha value is 1.07. The van der Waals surface area contributed by atoms with Crippen LogP contribution in [-0.4, -0.2) is 31.9 Å². The first-order valence-corrected chi connectivity index (χ1v) is 17.9. The number of hydrogen-bond acceptors (Lipinski definition) is 5. The summed E-state index contributed by atoms with van der Waals surface area (Å²) in [4.78, 5) is 11.5. The predicted molar refractivity (Wildman–Crippen MR) is 181 cm³/mol. The average molecular weight is 583 g/mol. The first-order valence-electron chi connectivity index (χ1n) is 13.7. The van der Waals surface area contributed by atoms with Crippen molar-refractivity contribution in [3.63, 3.8) is 0 Å². The Morgan fingerprint density at radius 1 is 0.500 bits per heavy atom. The zero-order chi connectivity index (χ0) is 29.6. The van der Waals surface area contributed by atoms with E-state index in [0.29, 0.717) is 30.9 Å². The largest absolute Gasteiger partial charge is 0.287 e.